The molecule has 0 radical (unpaired) electrons. The molecule has 0 aliphatic carbocycles. The predicted octanol–water partition coefficient (Wildman–Crippen LogP) is 6.05. The van der Waals surface area contributed by atoms with Crippen LogP contribution in [-0.4, -0.2) is 31.7 Å². The number of hydrogen-bond donors (Lipinski definition) is 1. The van der Waals surface area contributed by atoms with Crippen LogP contribution in [0.1, 0.15) is 22.5 Å². The molecule has 0 saturated carbocycles. The Bertz CT molecular complexity index is 1600. The number of nitrogens with zero attached hydrogens (tertiary/aromatic N) is 3. The van der Waals surface area contributed by atoms with Gasteiger partial charge in [0.15, 0.2) is 0 Å². The van der Waals surface area contributed by atoms with Gasteiger partial charge in [0.05, 0.1) is 26.8 Å². The second kappa shape index (κ2) is 11.4. The average Bonchev–Trinajstić information content (AvgIpc) is 3.18. The first kappa shape index (κ1) is 27.4. The number of sulfonamides is 1. The van der Waals surface area contributed by atoms with Crippen molar-refractivity contribution in [1.82, 2.24) is 9.99 Å². The zero-order chi connectivity index (χ0) is 27.4. The fraction of sp³-hybridized carbons (Fsp3) is 0.143. The van der Waals surface area contributed by atoms with Gasteiger partial charge in [-0.3, -0.25) is 9.10 Å². The molecule has 10 heteroatoms. The van der Waals surface area contributed by atoms with Crippen molar-refractivity contribution in [2.75, 3.05) is 10.8 Å². The number of carbonyl (C=O) groups is 1. The van der Waals surface area contributed by atoms with Gasteiger partial charge in [-0.15, -0.1) is 0 Å². The summed E-state index contributed by atoms with van der Waals surface area (Å²) in [7, 11) is -4.13. The van der Waals surface area contributed by atoms with Crippen molar-refractivity contribution >= 4 is 51.0 Å². The van der Waals surface area contributed by atoms with E-state index in [0.717, 1.165) is 26.9 Å². The van der Waals surface area contributed by atoms with Crippen LogP contribution in [0.4, 0.5) is 5.69 Å². The normalized spacial score (nSPS) is 11.6. The molecule has 0 aliphatic rings. The number of hydrogen-bond acceptors (Lipinski definition) is 4. The van der Waals surface area contributed by atoms with E-state index in [1.54, 1.807) is 24.3 Å². The fourth-order valence-electron chi connectivity index (χ4n) is 4.05. The number of amides is 1. The van der Waals surface area contributed by atoms with Crippen molar-refractivity contribution in [2.24, 2.45) is 5.10 Å². The highest BCUT2D eigenvalue weighted by atomic mass is 35.5. The zero-order valence-electron chi connectivity index (χ0n) is 21.0. The zero-order valence-corrected chi connectivity index (χ0v) is 23.3. The standard InChI is InChI=1S/C28H26Cl2N4O3S/c1-19-12-14-23(15-13-19)34-20(2)16-22(21(34)3)17-31-32-27(35)18-33(26-11-7-10-25(29)28(26)30)38(36,37)24-8-5-4-6-9-24/h4-17H,18H2,1-3H3,(H,32,35)/b31-17-. The van der Waals surface area contributed by atoms with Crippen LogP contribution in [0.2, 0.25) is 10.0 Å². The lowest BCUT2D eigenvalue weighted by Crippen LogP contribution is -2.39. The van der Waals surface area contributed by atoms with E-state index in [0.29, 0.717) is 0 Å². The van der Waals surface area contributed by atoms with E-state index in [1.165, 1.54) is 36.0 Å². The van der Waals surface area contributed by atoms with Gasteiger partial charge >= 0.3 is 0 Å². The Labute approximate surface area is 232 Å². The molecular weight excluding hydrogens is 543 g/mol. The molecule has 0 fully saturated rings. The monoisotopic (exact) mass is 568 g/mol. The summed E-state index contributed by atoms with van der Waals surface area (Å²) in [6.45, 7) is 5.43. The molecule has 0 atom stereocenters. The first-order valence-corrected chi connectivity index (χ1v) is 13.9. The number of rotatable bonds is 8. The number of carbonyl (C=O) groups excluding carboxylic acids is 1. The molecule has 4 rings (SSSR count). The van der Waals surface area contributed by atoms with E-state index in [-0.39, 0.29) is 20.6 Å². The topological polar surface area (TPSA) is 83.8 Å². The molecule has 38 heavy (non-hydrogen) atoms. The minimum atomic E-state index is -4.13. The van der Waals surface area contributed by atoms with Gasteiger partial charge in [-0.1, -0.05) is 65.2 Å². The van der Waals surface area contributed by atoms with Crippen molar-refractivity contribution < 1.29 is 13.2 Å². The van der Waals surface area contributed by atoms with E-state index in [9.17, 15) is 13.2 Å². The number of halogens is 2. The van der Waals surface area contributed by atoms with Crippen LogP contribution < -0.4 is 9.73 Å². The summed E-state index contributed by atoms with van der Waals surface area (Å²) in [5.74, 6) is -0.649. The van der Waals surface area contributed by atoms with Crippen LogP contribution >= 0.6 is 23.2 Å². The molecule has 0 unspecified atom stereocenters. The molecule has 0 saturated heterocycles. The number of nitrogens with one attached hydrogen (secondary N) is 1. The Hall–Kier alpha value is -3.59. The first-order valence-electron chi connectivity index (χ1n) is 11.7. The molecule has 0 spiro atoms. The highest BCUT2D eigenvalue weighted by molar-refractivity contribution is 7.92. The van der Waals surface area contributed by atoms with Gasteiger partial charge in [-0.2, -0.15) is 5.10 Å². The lowest BCUT2D eigenvalue weighted by atomic mass is 10.2. The van der Waals surface area contributed by atoms with Crippen molar-refractivity contribution in [3.63, 3.8) is 0 Å². The van der Waals surface area contributed by atoms with E-state index in [4.69, 9.17) is 23.2 Å². The van der Waals surface area contributed by atoms with Crippen LogP contribution in [0.5, 0.6) is 0 Å². The average molecular weight is 570 g/mol. The molecule has 0 aliphatic heterocycles. The van der Waals surface area contributed by atoms with E-state index < -0.39 is 22.5 Å². The maximum atomic E-state index is 13.5. The third-order valence-corrected chi connectivity index (χ3v) is 8.56. The Morgan fingerprint density at radius 2 is 1.66 bits per heavy atom. The summed E-state index contributed by atoms with van der Waals surface area (Å²) < 4.78 is 30.0. The Morgan fingerprint density at radius 1 is 0.974 bits per heavy atom. The Morgan fingerprint density at radius 3 is 2.34 bits per heavy atom. The summed E-state index contributed by atoms with van der Waals surface area (Å²) in [6, 6.07) is 22.5. The molecule has 4 aromatic rings. The first-order chi connectivity index (χ1) is 18.1. The summed E-state index contributed by atoms with van der Waals surface area (Å²) >= 11 is 12.5. The maximum Gasteiger partial charge on any atom is 0.264 e. The second-order valence-electron chi connectivity index (χ2n) is 8.69. The van der Waals surface area contributed by atoms with Gasteiger partial charge in [0.1, 0.15) is 6.54 Å². The van der Waals surface area contributed by atoms with Crippen LogP contribution in [0.25, 0.3) is 5.69 Å². The van der Waals surface area contributed by atoms with Crippen LogP contribution in [0.15, 0.2) is 88.9 Å². The number of aromatic nitrogens is 1. The van der Waals surface area contributed by atoms with Gasteiger partial charge in [-0.05, 0) is 63.2 Å². The summed E-state index contributed by atoms with van der Waals surface area (Å²) in [5.41, 5.74) is 7.48. The van der Waals surface area contributed by atoms with Crippen molar-refractivity contribution in [3.8, 4) is 5.69 Å². The Kier molecular flexibility index (Phi) is 8.26. The number of benzene rings is 3. The van der Waals surface area contributed by atoms with Crippen molar-refractivity contribution in [2.45, 2.75) is 25.7 Å². The predicted molar refractivity (Wildman–Crippen MR) is 153 cm³/mol. The molecule has 3 aromatic carbocycles. The second-order valence-corrected chi connectivity index (χ2v) is 11.3. The third kappa shape index (κ3) is 5.78. The van der Waals surface area contributed by atoms with Crippen molar-refractivity contribution in [1.29, 1.82) is 0 Å². The van der Waals surface area contributed by atoms with Gasteiger partial charge in [0.2, 0.25) is 0 Å². The molecular formula is C28H26Cl2N4O3S. The smallest absolute Gasteiger partial charge is 0.264 e. The van der Waals surface area contributed by atoms with E-state index >= 15 is 0 Å². The highest BCUT2D eigenvalue weighted by Gasteiger charge is 2.29. The molecule has 1 N–H and O–H groups in total. The number of anilines is 1. The molecule has 1 amide bonds. The van der Waals surface area contributed by atoms with E-state index in [1.807, 2.05) is 51.1 Å². The summed E-state index contributed by atoms with van der Waals surface area (Å²) in [5, 5.41) is 4.28. The van der Waals surface area contributed by atoms with Crippen LogP contribution in [0, 0.1) is 20.8 Å². The minimum absolute atomic E-state index is 0.0101. The lowest BCUT2D eigenvalue weighted by Gasteiger charge is -2.24. The van der Waals surface area contributed by atoms with Crippen molar-refractivity contribution in [3.05, 3.63) is 111 Å². The molecule has 0 bridgehead atoms. The maximum absolute atomic E-state index is 13.5. The summed E-state index contributed by atoms with van der Waals surface area (Å²) in [4.78, 5) is 12.9. The fourth-order valence-corrected chi connectivity index (χ4v) is 5.95. The SMILES string of the molecule is Cc1ccc(-n2c(C)cc(/C=N\NC(=O)CN(c3cccc(Cl)c3Cl)S(=O)(=O)c3ccccc3)c2C)cc1. The number of aryl methyl sites for hydroxylation is 2. The molecule has 1 aromatic heterocycles. The van der Waals surface area contributed by atoms with Gasteiger partial charge < -0.3 is 4.57 Å². The third-order valence-electron chi connectivity index (χ3n) is 5.97. The minimum Gasteiger partial charge on any atom is -0.318 e. The van der Waals surface area contributed by atoms with Gasteiger partial charge in [-0.25, -0.2) is 13.8 Å². The molecule has 1 heterocycles. The Balaban J connectivity index is 1.57. The molecule has 7 nitrogen and oxygen atoms in total. The quantitative estimate of drug-likeness (QED) is 0.207. The lowest BCUT2D eigenvalue weighted by molar-refractivity contribution is -0.119. The largest absolute Gasteiger partial charge is 0.318 e. The van der Waals surface area contributed by atoms with Crippen LogP contribution in [0.3, 0.4) is 0 Å². The number of hydrazone groups is 1. The highest BCUT2D eigenvalue weighted by Crippen LogP contribution is 2.35. The van der Waals surface area contributed by atoms with Crippen LogP contribution in [-0.2, 0) is 14.8 Å². The van der Waals surface area contributed by atoms with Gasteiger partial charge in [0.25, 0.3) is 15.9 Å². The molecule has 196 valence electrons. The van der Waals surface area contributed by atoms with E-state index in [2.05, 4.69) is 15.1 Å². The summed E-state index contributed by atoms with van der Waals surface area (Å²) in [6.07, 6.45) is 1.54. The van der Waals surface area contributed by atoms with Gasteiger partial charge in [0, 0.05) is 22.6 Å².